The maximum Gasteiger partial charge on any atom is 0.244 e. The lowest BCUT2D eigenvalue weighted by Gasteiger charge is -2.13. The molecule has 1 unspecified atom stereocenters. The van der Waals surface area contributed by atoms with Crippen molar-refractivity contribution in [3.05, 3.63) is 17.6 Å². The van der Waals surface area contributed by atoms with Crippen LogP contribution in [-0.2, 0) is 16.6 Å². The van der Waals surface area contributed by atoms with Gasteiger partial charge in [-0.15, -0.1) is 0 Å². The van der Waals surface area contributed by atoms with E-state index in [0.29, 0.717) is 18.2 Å². The number of aliphatic hydroxyl groups excluding tert-OH is 1. The molecule has 0 aromatic carbocycles. The van der Waals surface area contributed by atoms with Crippen molar-refractivity contribution < 1.29 is 17.9 Å². The van der Waals surface area contributed by atoms with Crippen molar-refractivity contribution in [3.8, 4) is 0 Å². The largest absolute Gasteiger partial charge is 0.462 e. The number of rotatable bonds is 6. The summed E-state index contributed by atoms with van der Waals surface area (Å²) in [6, 6.07) is 1.38. The Kier molecular flexibility index (Phi) is 4.85. The predicted octanol–water partition coefficient (Wildman–Crippen LogP) is 0.700. The summed E-state index contributed by atoms with van der Waals surface area (Å²) in [4.78, 5) is 2.43. The number of aliphatic hydroxyl groups is 1. The molecule has 0 saturated carbocycles. The molecule has 6 nitrogen and oxygen atoms in total. The number of nitrogens with zero attached hydrogens (tertiary/aromatic N) is 1. The van der Waals surface area contributed by atoms with Crippen LogP contribution >= 0.6 is 0 Å². The maximum absolute atomic E-state index is 12.2. The normalized spacial score (nSPS) is 20.6. The van der Waals surface area contributed by atoms with Crippen LogP contribution in [0.4, 0.5) is 0 Å². The maximum atomic E-state index is 12.2. The second-order valence-corrected chi connectivity index (χ2v) is 6.93. The van der Waals surface area contributed by atoms with Gasteiger partial charge < -0.3 is 14.4 Å². The van der Waals surface area contributed by atoms with Gasteiger partial charge in [0.2, 0.25) is 10.0 Å². The topological polar surface area (TPSA) is 82.8 Å². The lowest BCUT2D eigenvalue weighted by molar-refractivity contribution is 0.244. The van der Waals surface area contributed by atoms with E-state index in [0.717, 1.165) is 26.1 Å². The molecule has 1 saturated heterocycles. The smallest absolute Gasteiger partial charge is 0.244 e. The van der Waals surface area contributed by atoms with Gasteiger partial charge in [0.15, 0.2) is 0 Å². The van der Waals surface area contributed by atoms with E-state index in [1.54, 1.807) is 6.92 Å². The zero-order chi connectivity index (χ0) is 14.8. The number of aryl methyl sites for hydroxylation is 1. The van der Waals surface area contributed by atoms with E-state index in [9.17, 15) is 8.42 Å². The van der Waals surface area contributed by atoms with Crippen LogP contribution in [0.2, 0.25) is 0 Å². The fraction of sp³-hybridized carbons (Fsp3) is 0.692. The Morgan fingerprint density at radius 2 is 2.30 bits per heavy atom. The number of sulfonamides is 1. The summed E-state index contributed by atoms with van der Waals surface area (Å²) in [6.45, 7) is 6.81. The molecule has 0 amide bonds. The minimum absolute atomic E-state index is 0.117. The molecule has 1 aromatic rings. The molecule has 0 spiro atoms. The lowest BCUT2D eigenvalue weighted by Crippen LogP contribution is -2.31. The zero-order valence-electron chi connectivity index (χ0n) is 11.9. The van der Waals surface area contributed by atoms with E-state index < -0.39 is 10.0 Å². The Hall–Kier alpha value is -0.890. The van der Waals surface area contributed by atoms with Crippen LogP contribution in [-0.4, -0.2) is 44.6 Å². The van der Waals surface area contributed by atoms with Crippen LogP contribution in [0.25, 0.3) is 0 Å². The number of hydrogen-bond donors (Lipinski definition) is 2. The fourth-order valence-corrected chi connectivity index (χ4v) is 3.86. The van der Waals surface area contributed by atoms with Gasteiger partial charge in [-0.25, -0.2) is 13.1 Å². The van der Waals surface area contributed by atoms with E-state index in [1.165, 1.54) is 6.07 Å². The molecule has 2 heterocycles. The van der Waals surface area contributed by atoms with Gasteiger partial charge in [0.25, 0.3) is 0 Å². The quantitative estimate of drug-likeness (QED) is 0.808. The van der Waals surface area contributed by atoms with Crippen molar-refractivity contribution in [3.63, 3.8) is 0 Å². The third kappa shape index (κ3) is 3.41. The predicted molar refractivity (Wildman–Crippen MR) is 74.8 cm³/mol. The molecule has 20 heavy (non-hydrogen) atoms. The Labute approximate surface area is 119 Å². The Balaban J connectivity index is 1.99. The third-order valence-electron chi connectivity index (χ3n) is 3.75. The molecule has 0 bridgehead atoms. The summed E-state index contributed by atoms with van der Waals surface area (Å²) in [7, 11) is -3.57. The van der Waals surface area contributed by atoms with Crippen molar-refractivity contribution in [2.75, 3.05) is 26.2 Å². The molecule has 2 N–H and O–H groups in total. The molecule has 1 aliphatic rings. The highest BCUT2D eigenvalue weighted by Gasteiger charge is 2.25. The zero-order valence-corrected chi connectivity index (χ0v) is 12.7. The Morgan fingerprint density at radius 3 is 2.85 bits per heavy atom. The highest BCUT2D eigenvalue weighted by molar-refractivity contribution is 7.89. The Bertz CT molecular complexity index is 553. The first kappa shape index (κ1) is 15.5. The first-order chi connectivity index (χ1) is 9.46. The summed E-state index contributed by atoms with van der Waals surface area (Å²) < 4.78 is 32.3. The van der Waals surface area contributed by atoms with Gasteiger partial charge in [0.05, 0.1) is 0 Å². The van der Waals surface area contributed by atoms with Crippen LogP contribution < -0.4 is 4.72 Å². The van der Waals surface area contributed by atoms with E-state index in [4.69, 9.17) is 9.52 Å². The van der Waals surface area contributed by atoms with Gasteiger partial charge in [-0.1, -0.05) is 6.92 Å². The van der Waals surface area contributed by atoms with E-state index in [1.807, 2.05) is 0 Å². The molecular weight excluding hydrogens is 280 g/mol. The van der Waals surface area contributed by atoms with Gasteiger partial charge in [0.1, 0.15) is 23.0 Å². The first-order valence-electron chi connectivity index (χ1n) is 6.88. The SMILES string of the molecule is CCN1CCC(CNS(=O)(=O)c2cc(CO)oc2C)C1. The van der Waals surface area contributed by atoms with Crippen LogP contribution in [0.5, 0.6) is 0 Å². The Morgan fingerprint density at radius 1 is 1.55 bits per heavy atom. The van der Waals surface area contributed by atoms with Crippen LogP contribution in [0.15, 0.2) is 15.4 Å². The number of hydrogen-bond acceptors (Lipinski definition) is 5. The molecule has 7 heteroatoms. The van der Waals surface area contributed by atoms with Crippen molar-refractivity contribution in [2.24, 2.45) is 5.92 Å². The van der Waals surface area contributed by atoms with Crippen LogP contribution in [0, 0.1) is 12.8 Å². The summed E-state index contributed by atoms with van der Waals surface area (Å²) >= 11 is 0. The summed E-state index contributed by atoms with van der Waals surface area (Å²) in [5.74, 6) is 0.929. The highest BCUT2D eigenvalue weighted by atomic mass is 32.2. The lowest BCUT2D eigenvalue weighted by atomic mass is 10.1. The molecular formula is C13H22N2O4S. The molecule has 0 radical (unpaired) electrons. The number of likely N-dealkylation sites (tertiary alicyclic amines) is 1. The van der Waals surface area contributed by atoms with E-state index in [2.05, 4.69) is 16.5 Å². The third-order valence-corrected chi connectivity index (χ3v) is 5.28. The van der Waals surface area contributed by atoms with Gasteiger partial charge in [-0.3, -0.25) is 0 Å². The summed E-state index contributed by atoms with van der Waals surface area (Å²) in [6.07, 6.45) is 1.02. The van der Waals surface area contributed by atoms with E-state index >= 15 is 0 Å². The molecule has 1 fully saturated rings. The second kappa shape index (κ2) is 6.26. The summed E-state index contributed by atoms with van der Waals surface area (Å²) in [5.41, 5.74) is 0. The van der Waals surface area contributed by atoms with Gasteiger partial charge in [-0.05, 0) is 32.4 Å². The fourth-order valence-electron chi connectivity index (χ4n) is 2.54. The van der Waals surface area contributed by atoms with Crippen molar-refractivity contribution >= 4 is 10.0 Å². The first-order valence-corrected chi connectivity index (χ1v) is 8.36. The van der Waals surface area contributed by atoms with Crippen molar-refractivity contribution in [2.45, 2.75) is 31.8 Å². The highest BCUT2D eigenvalue weighted by Crippen LogP contribution is 2.21. The van der Waals surface area contributed by atoms with Gasteiger partial charge in [-0.2, -0.15) is 0 Å². The standard InChI is InChI=1S/C13H22N2O4S/c1-3-15-5-4-11(8-15)7-14-20(17,18)13-6-12(9-16)19-10(13)2/h6,11,14,16H,3-5,7-9H2,1-2H3. The monoisotopic (exact) mass is 302 g/mol. The average Bonchev–Trinajstić information content (AvgIpc) is 3.02. The molecule has 1 aromatic heterocycles. The van der Waals surface area contributed by atoms with Crippen LogP contribution in [0.1, 0.15) is 24.9 Å². The van der Waals surface area contributed by atoms with Crippen LogP contribution in [0.3, 0.4) is 0 Å². The molecule has 2 rings (SSSR count). The number of furan rings is 1. The average molecular weight is 302 g/mol. The minimum Gasteiger partial charge on any atom is -0.462 e. The molecule has 114 valence electrons. The molecule has 1 atom stereocenters. The van der Waals surface area contributed by atoms with Crippen molar-refractivity contribution in [1.29, 1.82) is 0 Å². The number of nitrogens with one attached hydrogen (secondary N) is 1. The van der Waals surface area contributed by atoms with E-state index in [-0.39, 0.29) is 17.3 Å². The summed E-state index contributed by atoms with van der Waals surface area (Å²) in [5, 5.41) is 8.99. The van der Waals surface area contributed by atoms with Crippen molar-refractivity contribution in [1.82, 2.24) is 9.62 Å². The molecule has 0 aliphatic carbocycles. The minimum atomic E-state index is -3.57. The van der Waals surface area contributed by atoms with Gasteiger partial charge >= 0.3 is 0 Å². The van der Waals surface area contributed by atoms with Gasteiger partial charge in [0, 0.05) is 19.2 Å². The molecule has 1 aliphatic heterocycles. The second-order valence-electron chi connectivity index (χ2n) is 5.19.